The number of hydrogen-bond acceptors (Lipinski definition) is 4. The first-order chi connectivity index (χ1) is 14.4. The number of benzene rings is 3. The molecule has 30 heavy (non-hydrogen) atoms. The van der Waals surface area contributed by atoms with Crippen LogP contribution in [-0.4, -0.2) is 20.6 Å². The zero-order valence-electron chi connectivity index (χ0n) is 15.9. The van der Waals surface area contributed by atoms with Crippen LogP contribution in [0.1, 0.15) is 15.9 Å². The van der Waals surface area contributed by atoms with Crippen LogP contribution in [0.5, 0.6) is 17.2 Å². The molecule has 0 bridgehead atoms. The van der Waals surface area contributed by atoms with Crippen molar-refractivity contribution in [1.82, 2.24) is 4.57 Å². The van der Waals surface area contributed by atoms with Crippen LogP contribution in [-0.2, 0) is 7.05 Å². The molecule has 2 N–H and O–H groups in total. The Kier molecular flexibility index (Phi) is 3.89. The molecule has 0 saturated heterocycles. The van der Waals surface area contributed by atoms with Crippen LogP contribution in [0.15, 0.2) is 66.4 Å². The van der Waals surface area contributed by atoms with Gasteiger partial charge in [0.25, 0.3) is 0 Å². The van der Waals surface area contributed by atoms with Crippen molar-refractivity contribution in [3.8, 4) is 28.5 Å². The Hall–Kier alpha value is -4.06. The second kappa shape index (κ2) is 6.49. The molecular formula is C24H16FNO4. The van der Waals surface area contributed by atoms with E-state index in [0.29, 0.717) is 0 Å². The molecule has 6 heteroatoms. The molecule has 0 spiro atoms. The number of Topliss-reactive ketones (excluding diaryl/α,β-unsaturated/α-hetero) is 1. The maximum absolute atomic E-state index is 13.5. The van der Waals surface area contributed by atoms with Gasteiger partial charge in [-0.3, -0.25) is 4.79 Å². The lowest BCUT2D eigenvalue weighted by Crippen LogP contribution is -1.99. The van der Waals surface area contributed by atoms with Gasteiger partial charge in [0.2, 0.25) is 5.78 Å². The molecule has 1 aromatic heterocycles. The summed E-state index contributed by atoms with van der Waals surface area (Å²) < 4.78 is 21.1. The normalized spacial score (nSPS) is 14.3. The zero-order valence-corrected chi connectivity index (χ0v) is 15.9. The number of ketones is 1. The average molecular weight is 401 g/mol. The number of aryl methyl sites for hydroxylation is 1. The molecule has 1 aliphatic rings. The fourth-order valence-electron chi connectivity index (χ4n) is 3.94. The van der Waals surface area contributed by atoms with Crippen molar-refractivity contribution >= 4 is 22.8 Å². The number of phenolic OH excluding ortho intramolecular Hbond substituents is 2. The first kappa shape index (κ1) is 18.0. The van der Waals surface area contributed by atoms with E-state index in [2.05, 4.69) is 0 Å². The molecule has 5 rings (SSSR count). The molecule has 0 amide bonds. The molecule has 3 aromatic carbocycles. The van der Waals surface area contributed by atoms with Crippen molar-refractivity contribution in [3.63, 3.8) is 0 Å². The summed E-state index contributed by atoms with van der Waals surface area (Å²) in [7, 11) is 1.90. The van der Waals surface area contributed by atoms with Crippen molar-refractivity contribution in [1.29, 1.82) is 0 Å². The maximum atomic E-state index is 13.5. The quantitative estimate of drug-likeness (QED) is 0.463. The van der Waals surface area contributed by atoms with E-state index in [1.165, 1.54) is 18.2 Å². The van der Waals surface area contributed by atoms with E-state index in [1.54, 1.807) is 18.2 Å². The monoisotopic (exact) mass is 401 g/mol. The molecule has 0 unspecified atom stereocenters. The van der Waals surface area contributed by atoms with E-state index >= 15 is 0 Å². The number of hydrogen-bond donors (Lipinski definition) is 2. The molecule has 4 aromatic rings. The van der Waals surface area contributed by atoms with Crippen molar-refractivity contribution in [2.24, 2.45) is 7.05 Å². The van der Waals surface area contributed by atoms with Gasteiger partial charge in [0.1, 0.15) is 28.6 Å². The topological polar surface area (TPSA) is 71.7 Å². The Morgan fingerprint density at radius 3 is 2.53 bits per heavy atom. The van der Waals surface area contributed by atoms with Crippen molar-refractivity contribution in [2.45, 2.75) is 0 Å². The van der Waals surface area contributed by atoms with Gasteiger partial charge in [0.15, 0.2) is 5.76 Å². The standard InChI is InChI=1S/C24H16FNO4/c1-26-18-5-3-2-4-16(18)17(23(26)13-6-8-14(25)9-7-13)12-21-24(29)22-19(28)10-15(27)11-20(22)30-21/h2-12,27-28H,1H3. The number of halogens is 1. The lowest BCUT2D eigenvalue weighted by Gasteiger charge is -2.07. The van der Waals surface area contributed by atoms with E-state index in [9.17, 15) is 19.4 Å². The minimum atomic E-state index is -0.472. The molecule has 0 fully saturated rings. The summed E-state index contributed by atoms with van der Waals surface area (Å²) in [6.07, 6.45) is 1.62. The first-order valence-electron chi connectivity index (χ1n) is 9.27. The predicted molar refractivity (Wildman–Crippen MR) is 111 cm³/mol. The number of para-hydroxylation sites is 1. The van der Waals surface area contributed by atoms with Gasteiger partial charge in [0.05, 0.1) is 5.69 Å². The van der Waals surface area contributed by atoms with Gasteiger partial charge in [-0.15, -0.1) is 0 Å². The SMILES string of the molecule is Cn1c(-c2ccc(F)cc2)c(C=C2Oc3cc(O)cc(O)c3C2=O)c2ccccc21. The molecule has 0 atom stereocenters. The summed E-state index contributed by atoms with van der Waals surface area (Å²) in [5.74, 6) is -1.21. The number of rotatable bonds is 2. The van der Waals surface area contributed by atoms with Gasteiger partial charge < -0.3 is 19.5 Å². The van der Waals surface area contributed by atoms with Crippen molar-refractivity contribution in [2.75, 3.05) is 0 Å². The number of phenols is 2. The zero-order chi connectivity index (χ0) is 21.0. The third-order valence-corrected chi connectivity index (χ3v) is 5.28. The second-order valence-corrected chi connectivity index (χ2v) is 7.12. The summed E-state index contributed by atoms with van der Waals surface area (Å²) in [5, 5.41) is 20.7. The largest absolute Gasteiger partial charge is 0.508 e. The Morgan fingerprint density at radius 2 is 1.77 bits per heavy atom. The van der Waals surface area contributed by atoms with Gasteiger partial charge >= 0.3 is 0 Å². The highest BCUT2D eigenvalue weighted by Crippen LogP contribution is 2.42. The van der Waals surface area contributed by atoms with Crippen LogP contribution < -0.4 is 4.74 Å². The van der Waals surface area contributed by atoms with Crippen LogP contribution in [0.2, 0.25) is 0 Å². The molecule has 0 aliphatic carbocycles. The third-order valence-electron chi connectivity index (χ3n) is 5.28. The molecule has 0 radical (unpaired) electrons. The summed E-state index contributed by atoms with van der Waals surface area (Å²) in [6.45, 7) is 0. The second-order valence-electron chi connectivity index (χ2n) is 7.12. The minimum absolute atomic E-state index is 0.0163. The maximum Gasteiger partial charge on any atom is 0.235 e. The molecule has 0 saturated carbocycles. The number of aromatic nitrogens is 1. The Labute approximate surface area is 170 Å². The fraction of sp³-hybridized carbons (Fsp3) is 0.0417. The highest BCUT2D eigenvalue weighted by molar-refractivity contribution is 6.17. The van der Waals surface area contributed by atoms with Crippen LogP contribution >= 0.6 is 0 Å². The van der Waals surface area contributed by atoms with E-state index in [0.717, 1.165) is 33.8 Å². The first-order valence-corrected chi connectivity index (χ1v) is 9.27. The van der Waals surface area contributed by atoms with Gasteiger partial charge in [-0.05, 0) is 42.0 Å². The van der Waals surface area contributed by atoms with Gasteiger partial charge in [0, 0.05) is 35.6 Å². The summed E-state index contributed by atoms with van der Waals surface area (Å²) in [5.41, 5.74) is 3.27. The number of nitrogens with zero attached hydrogens (tertiary/aromatic N) is 1. The smallest absolute Gasteiger partial charge is 0.235 e. The number of aromatic hydroxyl groups is 2. The Bertz CT molecular complexity index is 1370. The predicted octanol–water partition coefficient (Wildman–Crippen LogP) is 5.01. The average Bonchev–Trinajstić information content (AvgIpc) is 3.18. The van der Waals surface area contributed by atoms with Gasteiger partial charge in [-0.2, -0.15) is 0 Å². The lowest BCUT2D eigenvalue weighted by atomic mass is 10.0. The van der Waals surface area contributed by atoms with Gasteiger partial charge in [-0.25, -0.2) is 4.39 Å². The number of carbonyl (C=O) groups excluding carboxylic acids is 1. The van der Waals surface area contributed by atoms with Crippen molar-refractivity contribution in [3.05, 3.63) is 83.4 Å². The Morgan fingerprint density at radius 1 is 1.03 bits per heavy atom. The minimum Gasteiger partial charge on any atom is -0.508 e. The molecular weight excluding hydrogens is 385 g/mol. The number of allylic oxidation sites excluding steroid dienone is 1. The van der Waals surface area contributed by atoms with Crippen LogP contribution in [0, 0.1) is 5.82 Å². The third kappa shape index (κ3) is 2.65. The summed E-state index contributed by atoms with van der Waals surface area (Å²) >= 11 is 0. The lowest BCUT2D eigenvalue weighted by molar-refractivity contribution is 0.101. The molecule has 1 aliphatic heterocycles. The summed E-state index contributed by atoms with van der Waals surface area (Å²) in [6, 6.07) is 16.2. The van der Waals surface area contributed by atoms with E-state index < -0.39 is 5.78 Å². The van der Waals surface area contributed by atoms with Crippen LogP contribution in [0.3, 0.4) is 0 Å². The number of fused-ring (bicyclic) bond motifs is 2. The van der Waals surface area contributed by atoms with Crippen LogP contribution in [0.4, 0.5) is 4.39 Å². The highest BCUT2D eigenvalue weighted by atomic mass is 19.1. The number of carbonyl (C=O) groups is 1. The van der Waals surface area contributed by atoms with E-state index in [4.69, 9.17) is 4.74 Å². The van der Waals surface area contributed by atoms with Crippen LogP contribution in [0.25, 0.3) is 28.2 Å². The fourth-order valence-corrected chi connectivity index (χ4v) is 3.94. The van der Waals surface area contributed by atoms with Crippen molar-refractivity contribution < 1.29 is 24.1 Å². The molecule has 2 heterocycles. The van der Waals surface area contributed by atoms with E-state index in [-0.39, 0.29) is 34.4 Å². The highest BCUT2D eigenvalue weighted by Gasteiger charge is 2.32. The number of ether oxygens (including phenoxy) is 1. The summed E-state index contributed by atoms with van der Waals surface area (Å²) in [4.78, 5) is 12.9. The molecule has 5 nitrogen and oxygen atoms in total. The van der Waals surface area contributed by atoms with E-state index in [1.807, 2.05) is 35.9 Å². The molecule has 148 valence electrons. The van der Waals surface area contributed by atoms with Gasteiger partial charge in [-0.1, -0.05) is 18.2 Å². The Balaban J connectivity index is 1.74.